The zero-order valence-electron chi connectivity index (χ0n) is 18.6. The van der Waals surface area contributed by atoms with Crippen LogP contribution in [0.2, 0.25) is 0 Å². The predicted molar refractivity (Wildman–Crippen MR) is 131 cm³/mol. The molecule has 1 saturated heterocycles. The number of aromatic nitrogens is 2. The maximum absolute atomic E-state index is 13.2. The van der Waals surface area contributed by atoms with Crippen LogP contribution in [0, 0.1) is 0 Å². The summed E-state index contributed by atoms with van der Waals surface area (Å²) in [7, 11) is 1.58. The van der Waals surface area contributed by atoms with E-state index in [0.717, 1.165) is 0 Å². The molecule has 1 aliphatic rings. The summed E-state index contributed by atoms with van der Waals surface area (Å²) in [6.07, 6.45) is 5.39. The van der Waals surface area contributed by atoms with Crippen LogP contribution in [-0.2, 0) is 16.1 Å². The van der Waals surface area contributed by atoms with E-state index in [9.17, 15) is 14.4 Å². The van der Waals surface area contributed by atoms with Crippen molar-refractivity contribution in [2.45, 2.75) is 19.0 Å². The van der Waals surface area contributed by atoms with Crippen molar-refractivity contribution in [1.82, 2.24) is 14.5 Å². The Kier molecular flexibility index (Phi) is 7.48. The molecule has 1 fully saturated rings. The van der Waals surface area contributed by atoms with Gasteiger partial charge in [-0.25, -0.2) is 4.98 Å². The molecule has 9 nitrogen and oxygen atoms in total. The number of aryl methyl sites for hydroxylation is 1. The van der Waals surface area contributed by atoms with Crippen molar-refractivity contribution in [3.8, 4) is 5.75 Å². The molecule has 2 N–H and O–H groups in total. The van der Waals surface area contributed by atoms with Crippen LogP contribution in [0.4, 0.5) is 11.4 Å². The zero-order valence-corrected chi connectivity index (χ0v) is 19.5. The normalized spacial score (nSPS) is 15.1. The monoisotopic (exact) mass is 479 g/mol. The molecule has 3 aromatic rings. The van der Waals surface area contributed by atoms with Crippen molar-refractivity contribution >= 4 is 40.9 Å². The molecular weight excluding hydrogens is 454 g/mol. The third-order valence-corrected chi connectivity index (χ3v) is 6.37. The number of carbonyl (C=O) groups excluding carboxylic acids is 3. The largest absolute Gasteiger partial charge is 0.497 e. The number of nitrogens with one attached hydrogen (secondary N) is 2. The van der Waals surface area contributed by atoms with Gasteiger partial charge in [-0.05, 0) is 42.5 Å². The second-order valence-electron chi connectivity index (χ2n) is 7.69. The number of hydrogen-bond acceptors (Lipinski definition) is 6. The lowest BCUT2D eigenvalue weighted by Crippen LogP contribution is -2.44. The highest BCUT2D eigenvalue weighted by Crippen LogP contribution is 2.25. The highest BCUT2D eigenvalue weighted by Gasteiger charge is 2.35. The third-order valence-electron chi connectivity index (χ3n) is 5.35. The molecule has 1 unspecified atom stereocenters. The maximum Gasteiger partial charge on any atom is 0.255 e. The van der Waals surface area contributed by atoms with Crippen molar-refractivity contribution in [3.05, 3.63) is 72.8 Å². The molecule has 2 heterocycles. The lowest BCUT2D eigenvalue weighted by molar-refractivity contribution is -0.119. The van der Waals surface area contributed by atoms with Crippen LogP contribution >= 0.6 is 11.8 Å². The van der Waals surface area contributed by atoms with E-state index in [1.54, 1.807) is 79.3 Å². The number of benzene rings is 2. The zero-order chi connectivity index (χ0) is 23.9. The minimum absolute atomic E-state index is 0.160. The fourth-order valence-electron chi connectivity index (χ4n) is 3.53. The van der Waals surface area contributed by atoms with E-state index in [4.69, 9.17) is 4.74 Å². The number of methoxy groups -OCH3 is 1. The van der Waals surface area contributed by atoms with E-state index in [1.807, 2.05) is 4.57 Å². The summed E-state index contributed by atoms with van der Waals surface area (Å²) < 4.78 is 6.96. The molecule has 0 bridgehead atoms. The molecular formula is C24H25N5O4S. The number of nitrogens with zero attached hydrogens (tertiary/aromatic N) is 3. The van der Waals surface area contributed by atoms with Gasteiger partial charge < -0.3 is 24.8 Å². The Morgan fingerprint density at radius 1 is 1.12 bits per heavy atom. The topological polar surface area (TPSA) is 106 Å². The van der Waals surface area contributed by atoms with Crippen LogP contribution in [-0.4, -0.2) is 57.0 Å². The van der Waals surface area contributed by atoms with Crippen LogP contribution in [0.1, 0.15) is 16.8 Å². The van der Waals surface area contributed by atoms with Gasteiger partial charge in [0, 0.05) is 48.1 Å². The Morgan fingerprint density at radius 3 is 2.68 bits per heavy atom. The summed E-state index contributed by atoms with van der Waals surface area (Å²) in [6, 6.07) is 13.2. The number of rotatable bonds is 8. The van der Waals surface area contributed by atoms with Crippen LogP contribution in [0.3, 0.4) is 0 Å². The van der Waals surface area contributed by atoms with Crippen LogP contribution < -0.4 is 15.4 Å². The fourth-order valence-corrected chi connectivity index (χ4v) is 4.68. The summed E-state index contributed by atoms with van der Waals surface area (Å²) in [5.41, 5.74) is 1.58. The minimum Gasteiger partial charge on any atom is -0.497 e. The average Bonchev–Trinajstić information content (AvgIpc) is 3.55. The summed E-state index contributed by atoms with van der Waals surface area (Å²) in [5.74, 6) is 0.966. The van der Waals surface area contributed by atoms with Crippen molar-refractivity contribution in [2.24, 2.45) is 0 Å². The number of amides is 3. The van der Waals surface area contributed by atoms with Gasteiger partial charge >= 0.3 is 0 Å². The number of hydrogen-bond donors (Lipinski definition) is 2. The van der Waals surface area contributed by atoms with Gasteiger partial charge in [0.25, 0.3) is 5.91 Å². The molecule has 2 aromatic carbocycles. The Morgan fingerprint density at radius 2 is 1.94 bits per heavy atom. The quantitative estimate of drug-likeness (QED) is 0.514. The van der Waals surface area contributed by atoms with Gasteiger partial charge in [-0.1, -0.05) is 6.07 Å². The van der Waals surface area contributed by atoms with Gasteiger partial charge in [-0.2, -0.15) is 0 Å². The fraction of sp³-hybridized carbons (Fsp3) is 0.250. The number of thioether (sulfide) groups is 1. The lowest BCUT2D eigenvalue weighted by Gasteiger charge is -2.23. The molecule has 0 saturated carbocycles. The summed E-state index contributed by atoms with van der Waals surface area (Å²) in [4.78, 5) is 43.9. The van der Waals surface area contributed by atoms with E-state index in [-0.39, 0.29) is 24.1 Å². The molecule has 10 heteroatoms. The summed E-state index contributed by atoms with van der Waals surface area (Å²) >= 11 is 1.53. The van der Waals surface area contributed by atoms with Crippen molar-refractivity contribution in [1.29, 1.82) is 0 Å². The van der Waals surface area contributed by atoms with Gasteiger partial charge in [0.2, 0.25) is 11.8 Å². The van der Waals surface area contributed by atoms with E-state index < -0.39 is 6.04 Å². The first-order valence-electron chi connectivity index (χ1n) is 10.7. The highest BCUT2D eigenvalue weighted by molar-refractivity contribution is 7.99. The van der Waals surface area contributed by atoms with Crippen LogP contribution in [0.5, 0.6) is 5.75 Å². The lowest BCUT2D eigenvalue weighted by atomic mass is 10.1. The van der Waals surface area contributed by atoms with Gasteiger partial charge in [0.1, 0.15) is 11.8 Å². The molecule has 0 radical (unpaired) electrons. The van der Waals surface area contributed by atoms with Gasteiger partial charge in [0.05, 0.1) is 19.3 Å². The Labute approximate surface area is 201 Å². The number of carbonyl (C=O) groups is 3. The molecule has 176 valence electrons. The smallest absolute Gasteiger partial charge is 0.255 e. The first-order chi connectivity index (χ1) is 16.5. The first kappa shape index (κ1) is 23.4. The molecule has 4 rings (SSSR count). The van der Waals surface area contributed by atoms with Crippen molar-refractivity contribution < 1.29 is 19.1 Å². The SMILES string of the molecule is COc1ccc(NC(=O)C2CSCN2C(=O)c2cccc(NC(=O)CCn3ccnc3)c2)cc1. The van der Waals surface area contributed by atoms with Crippen LogP contribution in [0.25, 0.3) is 0 Å². The molecule has 1 aromatic heterocycles. The summed E-state index contributed by atoms with van der Waals surface area (Å²) in [6.45, 7) is 0.514. The molecule has 34 heavy (non-hydrogen) atoms. The van der Waals surface area contributed by atoms with E-state index in [1.165, 1.54) is 11.8 Å². The summed E-state index contributed by atoms with van der Waals surface area (Å²) in [5, 5.41) is 5.70. The number of anilines is 2. The van der Waals surface area contributed by atoms with Gasteiger partial charge in [-0.3, -0.25) is 14.4 Å². The van der Waals surface area contributed by atoms with Gasteiger partial charge in [0.15, 0.2) is 0 Å². The Balaban J connectivity index is 1.38. The second-order valence-corrected chi connectivity index (χ2v) is 8.69. The first-order valence-corrected chi connectivity index (χ1v) is 11.9. The highest BCUT2D eigenvalue weighted by atomic mass is 32.2. The van der Waals surface area contributed by atoms with E-state index >= 15 is 0 Å². The maximum atomic E-state index is 13.2. The van der Waals surface area contributed by atoms with Crippen molar-refractivity contribution in [2.75, 3.05) is 29.4 Å². The molecule has 3 amide bonds. The molecule has 0 aliphatic carbocycles. The van der Waals surface area contributed by atoms with E-state index in [0.29, 0.717) is 40.9 Å². The van der Waals surface area contributed by atoms with Crippen LogP contribution in [0.15, 0.2) is 67.3 Å². The van der Waals surface area contributed by atoms with Gasteiger partial charge in [-0.15, -0.1) is 11.8 Å². The third kappa shape index (κ3) is 5.76. The average molecular weight is 480 g/mol. The number of imidazole rings is 1. The predicted octanol–water partition coefficient (Wildman–Crippen LogP) is 3.07. The minimum atomic E-state index is -0.590. The second kappa shape index (κ2) is 10.9. The molecule has 0 spiro atoms. The van der Waals surface area contributed by atoms with E-state index in [2.05, 4.69) is 15.6 Å². The molecule has 1 aliphatic heterocycles. The molecule has 1 atom stereocenters. The van der Waals surface area contributed by atoms with Crippen molar-refractivity contribution in [3.63, 3.8) is 0 Å². The Bertz CT molecular complexity index is 1150. The Hall–Kier alpha value is -3.79. The number of ether oxygens (including phenoxy) is 1. The standard InChI is InChI=1S/C24H25N5O4S/c1-33-20-7-5-18(6-8-20)27-23(31)21-14-34-16-29(21)24(32)17-3-2-4-19(13-17)26-22(30)9-11-28-12-10-25-15-28/h2-8,10,12-13,15,21H,9,11,14,16H2,1H3,(H,26,30)(H,27,31).